The third-order valence-corrected chi connectivity index (χ3v) is 5.10. The van der Waals surface area contributed by atoms with E-state index in [1.54, 1.807) is 19.4 Å². The molecular weight excluding hydrogens is 461 g/mol. The van der Waals surface area contributed by atoms with E-state index in [0.29, 0.717) is 19.2 Å². The van der Waals surface area contributed by atoms with Crippen LogP contribution in [-0.2, 0) is 0 Å². The quantitative estimate of drug-likeness (QED) is 0.284. The molecule has 3 heterocycles. The number of hydrogen-bond donors (Lipinski definition) is 2. The zero-order valence-electron chi connectivity index (χ0n) is 14.9. The number of pyridine rings is 1. The Morgan fingerprint density at radius 2 is 2.19 bits per heavy atom. The summed E-state index contributed by atoms with van der Waals surface area (Å²) in [5.41, 5.74) is 0. The second kappa shape index (κ2) is 11.2. The molecule has 0 amide bonds. The topological polar surface area (TPSA) is 61.8 Å². The van der Waals surface area contributed by atoms with Gasteiger partial charge in [-0.25, -0.2) is 0 Å². The number of nitrogens with one attached hydrogen (secondary N) is 2. The van der Waals surface area contributed by atoms with Gasteiger partial charge in [-0.2, -0.15) is 0 Å². The molecule has 6 nitrogen and oxygen atoms in total. The van der Waals surface area contributed by atoms with E-state index in [2.05, 4.69) is 43.0 Å². The Morgan fingerprint density at radius 1 is 1.35 bits per heavy atom. The summed E-state index contributed by atoms with van der Waals surface area (Å²) in [7, 11) is 1.80. The SMILES string of the molecule is CN=C(NCCOc1cccnc1)NC1CCN(c2cccs2)CC1.I. The summed E-state index contributed by atoms with van der Waals surface area (Å²) in [6, 6.07) is 8.54. The van der Waals surface area contributed by atoms with Crippen molar-refractivity contribution in [2.45, 2.75) is 18.9 Å². The molecule has 0 aliphatic carbocycles. The minimum absolute atomic E-state index is 0. The van der Waals surface area contributed by atoms with E-state index >= 15 is 0 Å². The van der Waals surface area contributed by atoms with Crippen molar-refractivity contribution >= 4 is 46.3 Å². The first-order chi connectivity index (χ1) is 12.3. The van der Waals surface area contributed by atoms with Crippen molar-refractivity contribution in [2.75, 3.05) is 38.2 Å². The van der Waals surface area contributed by atoms with Crippen molar-refractivity contribution in [3.8, 4) is 5.75 Å². The van der Waals surface area contributed by atoms with Gasteiger partial charge in [-0.1, -0.05) is 0 Å². The Bertz CT molecular complexity index is 645. The van der Waals surface area contributed by atoms with Crippen LogP contribution in [0.5, 0.6) is 5.75 Å². The highest BCUT2D eigenvalue weighted by Gasteiger charge is 2.20. The molecule has 0 spiro atoms. The summed E-state index contributed by atoms with van der Waals surface area (Å²) in [5, 5.41) is 10.3. The summed E-state index contributed by atoms with van der Waals surface area (Å²) in [6.45, 7) is 3.43. The third-order valence-electron chi connectivity index (χ3n) is 4.17. The number of guanidine groups is 1. The molecule has 0 aromatic carbocycles. The van der Waals surface area contributed by atoms with Crippen LogP contribution in [0.25, 0.3) is 0 Å². The van der Waals surface area contributed by atoms with E-state index in [1.807, 2.05) is 23.5 Å². The third kappa shape index (κ3) is 6.31. The average Bonchev–Trinajstić information content (AvgIpc) is 3.20. The van der Waals surface area contributed by atoms with Crippen LogP contribution in [0.2, 0.25) is 0 Å². The van der Waals surface area contributed by atoms with Gasteiger partial charge >= 0.3 is 0 Å². The Labute approximate surface area is 176 Å². The number of nitrogens with zero attached hydrogens (tertiary/aromatic N) is 3. The molecule has 2 aromatic rings. The van der Waals surface area contributed by atoms with Crippen molar-refractivity contribution < 1.29 is 4.74 Å². The summed E-state index contributed by atoms with van der Waals surface area (Å²) < 4.78 is 5.63. The van der Waals surface area contributed by atoms with Crippen LogP contribution in [0.4, 0.5) is 5.00 Å². The minimum atomic E-state index is 0. The molecule has 0 atom stereocenters. The van der Waals surface area contributed by atoms with Crippen molar-refractivity contribution in [1.82, 2.24) is 15.6 Å². The van der Waals surface area contributed by atoms with E-state index in [9.17, 15) is 0 Å². The number of aliphatic imine (C=N–C) groups is 1. The first-order valence-electron chi connectivity index (χ1n) is 8.63. The number of halogens is 1. The molecule has 0 radical (unpaired) electrons. The van der Waals surface area contributed by atoms with E-state index < -0.39 is 0 Å². The second-order valence-corrected chi connectivity index (χ2v) is 6.82. The summed E-state index contributed by atoms with van der Waals surface area (Å²) in [6.07, 6.45) is 5.69. The number of anilines is 1. The number of hydrogen-bond acceptors (Lipinski definition) is 5. The number of thiophene rings is 1. The van der Waals surface area contributed by atoms with Gasteiger partial charge < -0.3 is 20.3 Å². The standard InChI is InChI=1S/C18H25N5OS.HI/c1-19-18(21-9-12-24-16-4-2-8-20-14-16)22-15-6-10-23(11-7-15)17-5-3-13-25-17;/h2-5,8,13-15H,6-7,9-12H2,1H3,(H2,19,21,22);1H. The highest BCUT2D eigenvalue weighted by Crippen LogP contribution is 2.24. The fraction of sp³-hybridized carbons (Fsp3) is 0.444. The van der Waals surface area contributed by atoms with E-state index in [-0.39, 0.29) is 24.0 Å². The zero-order chi connectivity index (χ0) is 17.3. The number of aromatic nitrogens is 1. The van der Waals surface area contributed by atoms with Crippen LogP contribution in [0.15, 0.2) is 47.0 Å². The maximum absolute atomic E-state index is 5.63. The van der Waals surface area contributed by atoms with Gasteiger partial charge in [0.1, 0.15) is 12.4 Å². The minimum Gasteiger partial charge on any atom is -0.490 e. The monoisotopic (exact) mass is 487 g/mol. The molecule has 8 heteroatoms. The van der Waals surface area contributed by atoms with Gasteiger partial charge in [0.05, 0.1) is 17.7 Å². The summed E-state index contributed by atoms with van der Waals surface area (Å²) >= 11 is 1.81. The van der Waals surface area contributed by atoms with Crippen LogP contribution in [0.3, 0.4) is 0 Å². The molecule has 1 saturated heterocycles. The molecule has 26 heavy (non-hydrogen) atoms. The first-order valence-corrected chi connectivity index (χ1v) is 9.51. The van der Waals surface area contributed by atoms with E-state index in [0.717, 1.165) is 37.6 Å². The van der Waals surface area contributed by atoms with Gasteiger partial charge in [-0.3, -0.25) is 9.98 Å². The molecular formula is C18H26IN5OS. The van der Waals surface area contributed by atoms with E-state index in [1.165, 1.54) is 5.00 Å². The maximum atomic E-state index is 5.63. The second-order valence-electron chi connectivity index (χ2n) is 5.89. The number of piperidine rings is 1. The zero-order valence-corrected chi connectivity index (χ0v) is 18.1. The molecule has 2 aromatic heterocycles. The molecule has 3 rings (SSSR count). The van der Waals surface area contributed by atoms with Crippen LogP contribution in [0, 0.1) is 0 Å². The normalized spacial score (nSPS) is 15.3. The predicted molar refractivity (Wildman–Crippen MR) is 119 cm³/mol. The lowest BCUT2D eigenvalue weighted by Gasteiger charge is -2.33. The molecule has 2 N–H and O–H groups in total. The Kier molecular flexibility index (Phi) is 8.96. The Hall–Kier alpha value is -1.55. The molecule has 0 saturated carbocycles. The summed E-state index contributed by atoms with van der Waals surface area (Å²) in [5.74, 6) is 1.62. The van der Waals surface area contributed by atoms with Crippen LogP contribution >= 0.6 is 35.3 Å². The highest BCUT2D eigenvalue weighted by atomic mass is 127. The van der Waals surface area contributed by atoms with Crippen LogP contribution in [0.1, 0.15) is 12.8 Å². The molecule has 142 valence electrons. The van der Waals surface area contributed by atoms with Crippen LogP contribution in [-0.4, -0.2) is 50.3 Å². The van der Waals surface area contributed by atoms with Gasteiger partial charge in [0.15, 0.2) is 5.96 Å². The molecule has 1 fully saturated rings. The Balaban J connectivity index is 0.00000243. The fourth-order valence-electron chi connectivity index (χ4n) is 2.85. The lowest BCUT2D eigenvalue weighted by Crippen LogP contribution is -2.49. The van der Waals surface area contributed by atoms with Gasteiger partial charge in [0.2, 0.25) is 0 Å². The lowest BCUT2D eigenvalue weighted by atomic mass is 10.1. The van der Waals surface area contributed by atoms with Crippen molar-refractivity contribution in [3.63, 3.8) is 0 Å². The largest absolute Gasteiger partial charge is 0.490 e. The van der Waals surface area contributed by atoms with Gasteiger partial charge in [0.25, 0.3) is 0 Å². The highest BCUT2D eigenvalue weighted by molar-refractivity contribution is 14.0. The van der Waals surface area contributed by atoms with Crippen molar-refractivity contribution in [2.24, 2.45) is 4.99 Å². The number of rotatable bonds is 6. The molecule has 0 unspecified atom stereocenters. The average molecular weight is 487 g/mol. The van der Waals surface area contributed by atoms with Gasteiger partial charge in [-0.15, -0.1) is 35.3 Å². The van der Waals surface area contributed by atoms with E-state index in [4.69, 9.17) is 4.74 Å². The number of ether oxygens (including phenoxy) is 1. The Morgan fingerprint density at radius 3 is 2.85 bits per heavy atom. The van der Waals surface area contributed by atoms with Crippen molar-refractivity contribution in [3.05, 3.63) is 42.0 Å². The first kappa shape index (κ1) is 20.8. The molecule has 1 aliphatic rings. The maximum Gasteiger partial charge on any atom is 0.191 e. The predicted octanol–water partition coefficient (Wildman–Crippen LogP) is 2.97. The molecule has 0 bridgehead atoms. The lowest BCUT2D eigenvalue weighted by molar-refractivity contribution is 0.320. The smallest absolute Gasteiger partial charge is 0.191 e. The van der Waals surface area contributed by atoms with Crippen LogP contribution < -0.4 is 20.3 Å². The van der Waals surface area contributed by atoms with Gasteiger partial charge in [-0.05, 0) is 42.5 Å². The van der Waals surface area contributed by atoms with Gasteiger partial charge in [0, 0.05) is 32.4 Å². The fourth-order valence-corrected chi connectivity index (χ4v) is 3.64. The molecule has 1 aliphatic heterocycles. The summed E-state index contributed by atoms with van der Waals surface area (Å²) in [4.78, 5) is 10.8. The van der Waals surface area contributed by atoms with Crippen molar-refractivity contribution in [1.29, 1.82) is 0 Å².